The molecule has 0 fully saturated rings. The van der Waals surface area contributed by atoms with Gasteiger partial charge in [-0.1, -0.05) is 30.3 Å². The molecule has 0 aliphatic rings. The van der Waals surface area contributed by atoms with Crippen molar-refractivity contribution in [2.45, 2.75) is 0 Å². The molecule has 25 heavy (non-hydrogen) atoms. The standard InChI is InChI=1S/C12H14N4.C7H5FO/c13-9-6-8(7-4-2-1-3-5-7)10(14)12(16)11(9)15;8-7-3-1-6(5-9)2-4-7/h1-6H,13-16H2;1-5H. The first kappa shape index (κ1) is 17.8. The number of hydrogen-bond acceptors (Lipinski definition) is 5. The van der Waals surface area contributed by atoms with E-state index in [1.807, 2.05) is 30.3 Å². The van der Waals surface area contributed by atoms with E-state index >= 15 is 0 Å². The second kappa shape index (κ2) is 7.83. The minimum absolute atomic E-state index is 0.319. The minimum Gasteiger partial charge on any atom is -0.397 e. The van der Waals surface area contributed by atoms with Gasteiger partial charge in [0, 0.05) is 11.1 Å². The van der Waals surface area contributed by atoms with E-state index in [0.717, 1.165) is 11.1 Å². The van der Waals surface area contributed by atoms with Gasteiger partial charge in [-0.15, -0.1) is 0 Å². The summed E-state index contributed by atoms with van der Waals surface area (Å²) in [5.74, 6) is -0.319. The lowest BCUT2D eigenvalue weighted by molar-refractivity contribution is 0.112. The van der Waals surface area contributed by atoms with Crippen molar-refractivity contribution >= 4 is 29.0 Å². The van der Waals surface area contributed by atoms with Gasteiger partial charge in [-0.25, -0.2) is 4.39 Å². The molecular weight excluding hydrogens is 319 g/mol. The second-order valence-electron chi connectivity index (χ2n) is 5.29. The summed E-state index contributed by atoms with van der Waals surface area (Å²) in [6.07, 6.45) is 0.680. The number of anilines is 4. The van der Waals surface area contributed by atoms with Crippen LogP contribution in [0, 0.1) is 5.82 Å². The number of halogens is 1. The Morgan fingerprint density at radius 3 is 1.92 bits per heavy atom. The second-order valence-corrected chi connectivity index (χ2v) is 5.29. The van der Waals surface area contributed by atoms with Crippen molar-refractivity contribution in [1.29, 1.82) is 0 Å². The molecule has 5 nitrogen and oxygen atoms in total. The van der Waals surface area contributed by atoms with E-state index in [2.05, 4.69) is 0 Å². The smallest absolute Gasteiger partial charge is 0.150 e. The van der Waals surface area contributed by atoms with Crippen LogP contribution in [0.3, 0.4) is 0 Å². The molecule has 0 amide bonds. The average Bonchev–Trinajstić information content (AvgIpc) is 2.65. The third-order valence-corrected chi connectivity index (χ3v) is 3.57. The molecule has 3 rings (SSSR count). The Labute approximate surface area is 145 Å². The van der Waals surface area contributed by atoms with E-state index in [0.29, 0.717) is 34.6 Å². The lowest BCUT2D eigenvalue weighted by Crippen LogP contribution is -2.05. The minimum atomic E-state index is -0.319. The Kier molecular flexibility index (Phi) is 5.58. The molecular formula is C19H19FN4O. The van der Waals surface area contributed by atoms with Crippen LogP contribution in [-0.4, -0.2) is 6.29 Å². The van der Waals surface area contributed by atoms with Crippen molar-refractivity contribution in [3.8, 4) is 11.1 Å². The molecule has 0 spiro atoms. The van der Waals surface area contributed by atoms with Crippen LogP contribution < -0.4 is 22.9 Å². The van der Waals surface area contributed by atoms with Gasteiger partial charge in [-0.2, -0.15) is 0 Å². The topological polar surface area (TPSA) is 121 Å². The van der Waals surface area contributed by atoms with Crippen LogP contribution in [-0.2, 0) is 0 Å². The number of carbonyl (C=O) groups is 1. The molecule has 0 saturated carbocycles. The Morgan fingerprint density at radius 2 is 1.36 bits per heavy atom. The molecule has 0 heterocycles. The molecule has 0 aliphatic carbocycles. The molecule has 3 aromatic carbocycles. The van der Waals surface area contributed by atoms with Crippen LogP contribution in [0.2, 0.25) is 0 Å². The number of carbonyl (C=O) groups excluding carboxylic acids is 1. The quantitative estimate of drug-likeness (QED) is 0.422. The molecule has 0 saturated heterocycles. The summed E-state index contributed by atoms with van der Waals surface area (Å²) in [7, 11) is 0. The maximum absolute atomic E-state index is 12.1. The molecule has 0 aromatic heterocycles. The lowest BCUT2D eigenvalue weighted by atomic mass is 10.0. The third kappa shape index (κ3) is 4.26. The first-order valence-electron chi connectivity index (χ1n) is 7.43. The van der Waals surface area contributed by atoms with Gasteiger partial charge in [0.05, 0.1) is 22.7 Å². The zero-order valence-corrected chi connectivity index (χ0v) is 13.4. The predicted octanol–water partition coefficient (Wildman–Crippen LogP) is 3.32. The number of rotatable bonds is 2. The molecule has 0 unspecified atom stereocenters. The first-order chi connectivity index (χ1) is 11.9. The summed E-state index contributed by atoms with van der Waals surface area (Å²) in [6, 6.07) is 16.8. The first-order valence-corrected chi connectivity index (χ1v) is 7.43. The molecule has 8 N–H and O–H groups in total. The van der Waals surface area contributed by atoms with Crippen LogP contribution >= 0.6 is 0 Å². The maximum atomic E-state index is 12.1. The van der Waals surface area contributed by atoms with E-state index < -0.39 is 0 Å². The molecule has 6 heteroatoms. The van der Waals surface area contributed by atoms with E-state index in [1.54, 1.807) is 6.07 Å². The zero-order chi connectivity index (χ0) is 18.4. The van der Waals surface area contributed by atoms with Crippen LogP contribution in [0.15, 0.2) is 60.7 Å². The summed E-state index contributed by atoms with van der Waals surface area (Å²) in [5.41, 5.74) is 27.1. The van der Waals surface area contributed by atoms with Gasteiger partial charge < -0.3 is 22.9 Å². The molecule has 0 atom stereocenters. The highest BCUT2D eigenvalue weighted by molar-refractivity contribution is 5.96. The van der Waals surface area contributed by atoms with Gasteiger partial charge in [-0.05, 0) is 35.9 Å². The van der Waals surface area contributed by atoms with E-state index in [9.17, 15) is 9.18 Å². The summed E-state index contributed by atoms with van der Waals surface area (Å²) in [5, 5.41) is 0. The third-order valence-electron chi connectivity index (χ3n) is 3.57. The Hall–Kier alpha value is -3.54. The van der Waals surface area contributed by atoms with E-state index in [1.165, 1.54) is 24.3 Å². The van der Waals surface area contributed by atoms with Crippen LogP contribution in [0.1, 0.15) is 10.4 Å². The van der Waals surface area contributed by atoms with Crippen molar-refractivity contribution in [3.05, 3.63) is 72.0 Å². The fourth-order valence-corrected chi connectivity index (χ4v) is 2.15. The van der Waals surface area contributed by atoms with Crippen molar-refractivity contribution in [2.75, 3.05) is 22.9 Å². The summed E-state index contributed by atoms with van der Waals surface area (Å²) in [6.45, 7) is 0. The lowest BCUT2D eigenvalue weighted by Gasteiger charge is -2.13. The van der Waals surface area contributed by atoms with Crippen LogP contribution in [0.4, 0.5) is 27.1 Å². The van der Waals surface area contributed by atoms with Gasteiger partial charge in [-0.3, -0.25) is 4.79 Å². The van der Waals surface area contributed by atoms with Gasteiger partial charge in [0.1, 0.15) is 12.1 Å². The Bertz CT molecular complexity index is 865. The summed E-state index contributed by atoms with van der Waals surface area (Å²) < 4.78 is 12.1. The fraction of sp³-hybridized carbons (Fsp3) is 0. The molecule has 0 radical (unpaired) electrons. The van der Waals surface area contributed by atoms with Crippen LogP contribution in [0.5, 0.6) is 0 Å². The molecule has 0 bridgehead atoms. The van der Waals surface area contributed by atoms with Gasteiger partial charge >= 0.3 is 0 Å². The Morgan fingerprint density at radius 1 is 0.760 bits per heavy atom. The number of nitrogen functional groups attached to an aromatic ring is 4. The number of aldehydes is 1. The Balaban J connectivity index is 0.000000212. The highest BCUT2D eigenvalue weighted by Crippen LogP contribution is 2.37. The largest absolute Gasteiger partial charge is 0.397 e. The van der Waals surface area contributed by atoms with E-state index in [4.69, 9.17) is 22.9 Å². The molecule has 3 aromatic rings. The zero-order valence-electron chi connectivity index (χ0n) is 13.4. The van der Waals surface area contributed by atoms with Crippen molar-refractivity contribution in [1.82, 2.24) is 0 Å². The highest BCUT2D eigenvalue weighted by Gasteiger charge is 2.10. The van der Waals surface area contributed by atoms with E-state index in [-0.39, 0.29) is 5.82 Å². The van der Waals surface area contributed by atoms with Crippen molar-refractivity contribution in [3.63, 3.8) is 0 Å². The monoisotopic (exact) mass is 338 g/mol. The SMILES string of the molecule is Nc1cc(-c2ccccc2)c(N)c(N)c1N.O=Cc1ccc(F)cc1. The highest BCUT2D eigenvalue weighted by atomic mass is 19.1. The predicted molar refractivity (Wildman–Crippen MR) is 101 cm³/mol. The van der Waals surface area contributed by atoms with Gasteiger partial charge in [0.2, 0.25) is 0 Å². The number of hydrogen-bond donors (Lipinski definition) is 4. The van der Waals surface area contributed by atoms with Gasteiger partial charge in [0.15, 0.2) is 0 Å². The molecule has 0 aliphatic heterocycles. The van der Waals surface area contributed by atoms with Crippen molar-refractivity contribution in [2.24, 2.45) is 0 Å². The summed E-state index contributed by atoms with van der Waals surface area (Å²) in [4.78, 5) is 10.00. The average molecular weight is 338 g/mol. The number of benzene rings is 3. The van der Waals surface area contributed by atoms with Crippen molar-refractivity contribution < 1.29 is 9.18 Å². The van der Waals surface area contributed by atoms with Gasteiger partial charge in [0.25, 0.3) is 0 Å². The number of nitrogens with two attached hydrogens (primary N) is 4. The van der Waals surface area contributed by atoms with Crippen LogP contribution in [0.25, 0.3) is 11.1 Å². The molecule has 128 valence electrons. The summed E-state index contributed by atoms with van der Waals surface area (Å²) >= 11 is 0. The normalized spacial score (nSPS) is 9.80. The fourth-order valence-electron chi connectivity index (χ4n) is 2.15. The maximum Gasteiger partial charge on any atom is 0.150 e.